The van der Waals surface area contributed by atoms with Gasteiger partial charge in [0.2, 0.25) is 0 Å². The van der Waals surface area contributed by atoms with E-state index in [1.165, 1.54) is 0 Å². The van der Waals surface area contributed by atoms with Crippen LogP contribution in [0.1, 0.15) is 5.56 Å². The van der Waals surface area contributed by atoms with Gasteiger partial charge in [0.05, 0.1) is 6.54 Å². The summed E-state index contributed by atoms with van der Waals surface area (Å²) in [6.07, 6.45) is 3.46. The summed E-state index contributed by atoms with van der Waals surface area (Å²) >= 11 is 0. The van der Waals surface area contributed by atoms with E-state index >= 15 is 0 Å². The lowest BCUT2D eigenvalue weighted by atomic mass is 10.1. The number of pyridine rings is 2. The first kappa shape index (κ1) is 14.3. The second-order valence-corrected chi connectivity index (χ2v) is 5.34. The van der Waals surface area contributed by atoms with Gasteiger partial charge in [0, 0.05) is 35.3 Å². The first-order valence-electron chi connectivity index (χ1n) is 7.61. The Kier molecular flexibility index (Phi) is 3.59. The van der Waals surface area contributed by atoms with E-state index in [0.717, 1.165) is 35.3 Å². The molecule has 118 valence electrons. The van der Waals surface area contributed by atoms with Gasteiger partial charge in [0.15, 0.2) is 11.6 Å². The summed E-state index contributed by atoms with van der Waals surface area (Å²) in [5, 5.41) is 13.5. The normalized spacial score (nSPS) is 14.1. The molecule has 0 radical (unpaired) electrons. The summed E-state index contributed by atoms with van der Waals surface area (Å²) in [5.41, 5.74) is 7.45. The van der Waals surface area contributed by atoms with Gasteiger partial charge >= 0.3 is 0 Å². The average molecular weight is 317 g/mol. The fraction of sp³-hybridized carbons (Fsp3) is 0.118. The molecule has 0 unspecified atom stereocenters. The number of nitrogens with zero attached hydrogens (tertiary/aromatic N) is 5. The quantitative estimate of drug-likeness (QED) is 0.725. The molecule has 3 aromatic rings. The number of rotatable bonds is 3. The van der Waals surface area contributed by atoms with E-state index in [4.69, 9.17) is 5.73 Å². The van der Waals surface area contributed by atoms with Crippen LogP contribution >= 0.6 is 0 Å². The lowest BCUT2D eigenvalue weighted by Gasteiger charge is -2.04. The van der Waals surface area contributed by atoms with E-state index in [-0.39, 0.29) is 0 Å². The number of aromatic nitrogens is 2. The fourth-order valence-corrected chi connectivity index (χ4v) is 2.55. The Morgan fingerprint density at radius 2 is 1.92 bits per heavy atom. The molecule has 0 atom stereocenters. The molecule has 0 saturated carbocycles. The monoisotopic (exact) mass is 317 g/mol. The molecule has 24 heavy (non-hydrogen) atoms. The molecular weight excluding hydrogens is 302 g/mol. The van der Waals surface area contributed by atoms with Crippen molar-refractivity contribution >= 4 is 33.9 Å². The SMILES string of the molecule is Nc1ncc2ccccc2c1N=Nc1ccc(C2=NCCN2)cn1. The van der Waals surface area contributed by atoms with E-state index < -0.39 is 0 Å². The zero-order valence-corrected chi connectivity index (χ0v) is 12.8. The zero-order chi connectivity index (χ0) is 16.4. The maximum absolute atomic E-state index is 5.95. The topological polar surface area (TPSA) is 101 Å². The molecule has 1 aliphatic heterocycles. The zero-order valence-electron chi connectivity index (χ0n) is 12.8. The van der Waals surface area contributed by atoms with Crippen LogP contribution in [0.5, 0.6) is 0 Å². The molecule has 3 heterocycles. The number of aliphatic imine (C=N–C) groups is 1. The van der Waals surface area contributed by atoms with E-state index in [1.54, 1.807) is 18.5 Å². The molecule has 7 heteroatoms. The van der Waals surface area contributed by atoms with Gasteiger partial charge in [-0.3, -0.25) is 4.99 Å². The van der Waals surface area contributed by atoms with Gasteiger partial charge < -0.3 is 11.1 Å². The highest BCUT2D eigenvalue weighted by Crippen LogP contribution is 2.31. The number of hydrogen-bond acceptors (Lipinski definition) is 7. The van der Waals surface area contributed by atoms with E-state index in [2.05, 4.69) is 30.5 Å². The molecule has 4 rings (SSSR count). The third kappa shape index (κ3) is 2.67. The summed E-state index contributed by atoms with van der Waals surface area (Å²) in [5.74, 6) is 1.72. The predicted octanol–water partition coefficient (Wildman–Crippen LogP) is 2.98. The number of hydrogen-bond donors (Lipinski definition) is 2. The molecule has 0 saturated heterocycles. The van der Waals surface area contributed by atoms with Crippen molar-refractivity contribution in [3.63, 3.8) is 0 Å². The third-order valence-electron chi connectivity index (χ3n) is 3.75. The molecule has 1 aliphatic rings. The highest BCUT2D eigenvalue weighted by atomic mass is 15.2. The van der Waals surface area contributed by atoms with Crippen molar-refractivity contribution in [1.82, 2.24) is 15.3 Å². The lowest BCUT2D eigenvalue weighted by Crippen LogP contribution is -2.19. The van der Waals surface area contributed by atoms with Gasteiger partial charge in [-0.2, -0.15) is 0 Å². The minimum Gasteiger partial charge on any atom is -0.382 e. The minimum atomic E-state index is 0.346. The average Bonchev–Trinajstić information content (AvgIpc) is 3.16. The van der Waals surface area contributed by atoms with Crippen molar-refractivity contribution in [3.05, 3.63) is 54.4 Å². The summed E-state index contributed by atoms with van der Waals surface area (Å²) in [6, 6.07) is 11.5. The van der Waals surface area contributed by atoms with Crippen molar-refractivity contribution < 1.29 is 0 Å². The van der Waals surface area contributed by atoms with Crippen LogP contribution < -0.4 is 11.1 Å². The van der Waals surface area contributed by atoms with Crippen LogP contribution in [-0.2, 0) is 0 Å². The maximum atomic E-state index is 5.95. The van der Waals surface area contributed by atoms with Crippen LogP contribution in [0.15, 0.2) is 64.0 Å². The third-order valence-corrected chi connectivity index (χ3v) is 3.75. The lowest BCUT2D eigenvalue weighted by molar-refractivity contribution is 0.959. The Morgan fingerprint density at radius 1 is 1.00 bits per heavy atom. The first-order chi connectivity index (χ1) is 11.8. The van der Waals surface area contributed by atoms with Crippen LogP contribution in [0.3, 0.4) is 0 Å². The van der Waals surface area contributed by atoms with Crippen molar-refractivity contribution in [1.29, 1.82) is 0 Å². The molecule has 0 spiro atoms. The van der Waals surface area contributed by atoms with E-state index in [1.807, 2.05) is 30.3 Å². The fourth-order valence-electron chi connectivity index (χ4n) is 2.55. The van der Waals surface area contributed by atoms with Gasteiger partial charge in [-0.1, -0.05) is 24.3 Å². The largest absolute Gasteiger partial charge is 0.382 e. The summed E-state index contributed by atoms with van der Waals surface area (Å²) in [6.45, 7) is 1.66. The van der Waals surface area contributed by atoms with Gasteiger partial charge in [-0.25, -0.2) is 9.97 Å². The number of benzene rings is 1. The summed E-state index contributed by atoms with van der Waals surface area (Å²) in [7, 11) is 0. The van der Waals surface area contributed by atoms with Crippen LogP contribution in [0.25, 0.3) is 10.8 Å². The Balaban J connectivity index is 1.64. The van der Waals surface area contributed by atoms with Gasteiger partial charge in [-0.05, 0) is 12.1 Å². The molecule has 1 aromatic carbocycles. The standard InChI is InChI=1S/C17H15N7/c18-16-15(13-4-2-1-3-11(13)9-22-16)24-23-14-6-5-12(10-21-14)17-19-7-8-20-17/h1-6,9-10H,7-8H2,(H2,18,22)(H,19,20). The summed E-state index contributed by atoms with van der Waals surface area (Å²) < 4.78 is 0. The second kappa shape index (κ2) is 6.04. The molecule has 0 amide bonds. The predicted molar refractivity (Wildman–Crippen MR) is 94.0 cm³/mol. The minimum absolute atomic E-state index is 0.346. The number of nitrogens with two attached hydrogens (primary N) is 1. The number of nitrogen functional groups attached to an aromatic ring is 1. The molecule has 3 N–H and O–H groups in total. The second-order valence-electron chi connectivity index (χ2n) is 5.34. The maximum Gasteiger partial charge on any atom is 0.174 e. The first-order valence-corrected chi connectivity index (χ1v) is 7.61. The van der Waals surface area contributed by atoms with E-state index in [0.29, 0.717) is 17.3 Å². The number of amidine groups is 1. The molecule has 0 bridgehead atoms. The Hall–Kier alpha value is -3.35. The van der Waals surface area contributed by atoms with Crippen LogP contribution in [0, 0.1) is 0 Å². The molecule has 7 nitrogen and oxygen atoms in total. The van der Waals surface area contributed by atoms with Gasteiger partial charge in [0.25, 0.3) is 0 Å². The van der Waals surface area contributed by atoms with Gasteiger partial charge in [-0.15, -0.1) is 10.2 Å². The smallest absolute Gasteiger partial charge is 0.174 e. The number of azo groups is 1. The highest BCUT2D eigenvalue weighted by Gasteiger charge is 2.08. The van der Waals surface area contributed by atoms with Crippen molar-refractivity contribution in [2.75, 3.05) is 18.8 Å². The molecule has 2 aromatic heterocycles. The number of fused-ring (bicyclic) bond motifs is 1. The van der Waals surface area contributed by atoms with Crippen LogP contribution in [0.2, 0.25) is 0 Å². The van der Waals surface area contributed by atoms with Crippen molar-refractivity contribution in [3.8, 4) is 0 Å². The number of anilines is 1. The van der Waals surface area contributed by atoms with Crippen LogP contribution in [0.4, 0.5) is 17.3 Å². The molecule has 0 fully saturated rings. The van der Waals surface area contributed by atoms with Crippen molar-refractivity contribution in [2.24, 2.45) is 15.2 Å². The number of nitrogens with one attached hydrogen (secondary N) is 1. The van der Waals surface area contributed by atoms with Gasteiger partial charge in [0.1, 0.15) is 11.5 Å². The summed E-state index contributed by atoms with van der Waals surface area (Å²) in [4.78, 5) is 12.8. The van der Waals surface area contributed by atoms with Crippen molar-refractivity contribution in [2.45, 2.75) is 0 Å². The van der Waals surface area contributed by atoms with E-state index in [9.17, 15) is 0 Å². The highest BCUT2D eigenvalue weighted by molar-refractivity contribution is 5.99. The molecule has 0 aliphatic carbocycles. The Bertz CT molecular complexity index is 945. The van der Waals surface area contributed by atoms with Crippen LogP contribution in [-0.4, -0.2) is 28.9 Å². The Morgan fingerprint density at radius 3 is 2.71 bits per heavy atom. The molecular formula is C17H15N7. The Labute approximate surface area is 138 Å².